The molecule has 0 atom stereocenters. The lowest BCUT2D eigenvalue weighted by Gasteiger charge is -2.18. The van der Waals surface area contributed by atoms with E-state index in [1.807, 2.05) is 0 Å². The topological polar surface area (TPSA) is 37.4 Å². The Bertz CT molecular complexity index is 745. The Morgan fingerprint density at radius 1 is 1.10 bits per heavy atom. The van der Waals surface area contributed by atoms with Crippen LogP contribution in [0.2, 0.25) is 10.0 Å². The smallest absolute Gasteiger partial charge is 0.207 e. The van der Waals surface area contributed by atoms with Gasteiger partial charge in [0, 0.05) is 23.6 Å². The van der Waals surface area contributed by atoms with Crippen molar-refractivity contribution in [2.45, 2.75) is 11.4 Å². The number of nitrogens with zero attached hydrogens (tertiary/aromatic N) is 1. The van der Waals surface area contributed by atoms with Gasteiger partial charge in [-0.3, -0.25) is 0 Å². The fourth-order valence-corrected chi connectivity index (χ4v) is 3.66. The van der Waals surface area contributed by atoms with E-state index < -0.39 is 15.8 Å². The van der Waals surface area contributed by atoms with Crippen molar-refractivity contribution in [1.29, 1.82) is 0 Å². The maximum Gasteiger partial charge on any atom is 0.246 e. The number of hydrogen-bond acceptors (Lipinski definition) is 2. The van der Waals surface area contributed by atoms with Crippen LogP contribution in [-0.4, -0.2) is 19.8 Å². The van der Waals surface area contributed by atoms with Crippen LogP contribution in [0.25, 0.3) is 0 Å². The maximum absolute atomic E-state index is 13.7. The van der Waals surface area contributed by atoms with Crippen molar-refractivity contribution in [3.8, 4) is 0 Å². The van der Waals surface area contributed by atoms with E-state index in [0.717, 1.165) is 10.4 Å². The van der Waals surface area contributed by atoms with Gasteiger partial charge in [0.25, 0.3) is 0 Å². The van der Waals surface area contributed by atoms with Crippen LogP contribution in [0.3, 0.4) is 0 Å². The predicted molar refractivity (Wildman–Crippen MR) is 81.5 cm³/mol. The maximum atomic E-state index is 13.7. The SMILES string of the molecule is CN(Cc1cc(Cl)cc(Cl)c1)S(=O)(=O)c1ccccc1F. The van der Waals surface area contributed by atoms with Crippen LogP contribution in [0.4, 0.5) is 4.39 Å². The lowest BCUT2D eigenvalue weighted by molar-refractivity contribution is 0.460. The number of hydrogen-bond donors (Lipinski definition) is 0. The molecular weight excluding hydrogens is 336 g/mol. The molecular formula is C14H12Cl2FNO2S. The van der Waals surface area contributed by atoms with Crippen LogP contribution in [-0.2, 0) is 16.6 Å². The molecule has 2 aromatic carbocycles. The largest absolute Gasteiger partial charge is 0.246 e. The molecule has 0 saturated heterocycles. The first-order chi connectivity index (χ1) is 9.80. The molecule has 2 rings (SSSR count). The number of benzene rings is 2. The second-order valence-corrected chi connectivity index (χ2v) is 7.36. The zero-order valence-corrected chi connectivity index (χ0v) is 13.4. The minimum absolute atomic E-state index is 0.0386. The quantitative estimate of drug-likeness (QED) is 0.839. The molecule has 0 unspecified atom stereocenters. The van der Waals surface area contributed by atoms with Gasteiger partial charge in [-0.2, -0.15) is 4.31 Å². The number of halogens is 3. The van der Waals surface area contributed by atoms with E-state index in [0.29, 0.717) is 15.6 Å². The normalized spacial score (nSPS) is 11.9. The van der Waals surface area contributed by atoms with E-state index in [1.165, 1.54) is 25.2 Å². The number of rotatable bonds is 4. The van der Waals surface area contributed by atoms with Gasteiger partial charge in [0.05, 0.1) is 0 Å². The third-order valence-corrected chi connectivity index (χ3v) is 5.13. The van der Waals surface area contributed by atoms with Gasteiger partial charge in [0.15, 0.2) is 0 Å². The molecule has 0 saturated carbocycles. The molecule has 0 aromatic heterocycles. The summed E-state index contributed by atoms with van der Waals surface area (Å²) in [6.45, 7) is 0.0386. The summed E-state index contributed by atoms with van der Waals surface area (Å²) in [4.78, 5) is -0.361. The predicted octanol–water partition coefficient (Wildman–Crippen LogP) is 3.95. The summed E-state index contributed by atoms with van der Waals surface area (Å²) in [6.07, 6.45) is 0. The molecule has 2 aromatic rings. The summed E-state index contributed by atoms with van der Waals surface area (Å²) in [6, 6.07) is 10.0. The summed E-state index contributed by atoms with van der Waals surface area (Å²) < 4.78 is 39.4. The van der Waals surface area contributed by atoms with Crippen molar-refractivity contribution in [2.24, 2.45) is 0 Å². The molecule has 0 fully saturated rings. The van der Waals surface area contributed by atoms with Crippen LogP contribution in [0.1, 0.15) is 5.56 Å². The molecule has 21 heavy (non-hydrogen) atoms. The van der Waals surface area contributed by atoms with Gasteiger partial charge in [0.2, 0.25) is 10.0 Å². The van der Waals surface area contributed by atoms with E-state index in [1.54, 1.807) is 18.2 Å². The van der Waals surface area contributed by atoms with Crippen LogP contribution >= 0.6 is 23.2 Å². The lowest BCUT2D eigenvalue weighted by Crippen LogP contribution is -2.27. The van der Waals surface area contributed by atoms with Crippen LogP contribution in [0.15, 0.2) is 47.4 Å². The number of sulfonamides is 1. The van der Waals surface area contributed by atoms with Gasteiger partial charge in [-0.15, -0.1) is 0 Å². The third kappa shape index (κ3) is 3.74. The van der Waals surface area contributed by atoms with E-state index in [9.17, 15) is 12.8 Å². The Morgan fingerprint density at radius 3 is 2.24 bits per heavy atom. The zero-order valence-electron chi connectivity index (χ0n) is 11.1. The van der Waals surface area contributed by atoms with Gasteiger partial charge in [-0.05, 0) is 35.9 Å². The summed E-state index contributed by atoms with van der Waals surface area (Å²) in [5, 5.41) is 0.823. The monoisotopic (exact) mass is 347 g/mol. The molecule has 0 spiro atoms. The lowest BCUT2D eigenvalue weighted by atomic mass is 10.2. The van der Waals surface area contributed by atoms with Gasteiger partial charge in [-0.1, -0.05) is 35.3 Å². The van der Waals surface area contributed by atoms with Crippen LogP contribution < -0.4 is 0 Å². The Labute approximate surface area is 133 Å². The van der Waals surface area contributed by atoms with Gasteiger partial charge < -0.3 is 0 Å². The van der Waals surface area contributed by atoms with E-state index in [2.05, 4.69) is 0 Å². The molecule has 0 bridgehead atoms. The zero-order chi connectivity index (χ0) is 15.6. The van der Waals surface area contributed by atoms with Crippen molar-refractivity contribution in [3.05, 3.63) is 63.9 Å². The first-order valence-corrected chi connectivity index (χ1v) is 8.16. The summed E-state index contributed by atoms with van der Waals surface area (Å²) >= 11 is 11.8. The molecule has 0 radical (unpaired) electrons. The van der Waals surface area contributed by atoms with Crippen molar-refractivity contribution in [1.82, 2.24) is 4.31 Å². The second-order valence-electron chi connectivity index (χ2n) is 4.47. The van der Waals surface area contributed by atoms with E-state index >= 15 is 0 Å². The highest BCUT2D eigenvalue weighted by Crippen LogP contribution is 2.23. The van der Waals surface area contributed by atoms with Crippen molar-refractivity contribution in [2.75, 3.05) is 7.05 Å². The van der Waals surface area contributed by atoms with Crippen LogP contribution in [0.5, 0.6) is 0 Å². The van der Waals surface area contributed by atoms with E-state index in [4.69, 9.17) is 23.2 Å². The minimum atomic E-state index is -3.92. The minimum Gasteiger partial charge on any atom is -0.207 e. The van der Waals surface area contributed by atoms with Crippen molar-refractivity contribution >= 4 is 33.2 Å². The Hall–Kier alpha value is -1.14. The molecule has 112 valence electrons. The fraction of sp³-hybridized carbons (Fsp3) is 0.143. The highest BCUT2D eigenvalue weighted by molar-refractivity contribution is 7.89. The first-order valence-electron chi connectivity index (χ1n) is 5.96. The molecule has 0 aliphatic carbocycles. The van der Waals surface area contributed by atoms with Gasteiger partial charge >= 0.3 is 0 Å². The molecule has 0 amide bonds. The fourth-order valence-electron chi connectivity index (χ4n) is 1.87. The second kappa shape index (κ2) is 6.32. The molecule has 7 heteroatoms. The Morgan fingerprint density at radius 2 is 1.67 bits per heavy atom. The molecule has 0 heterocycles. The standard InChI is InChI=1S/C14H12Cl2FNO2S/c1-18(9-10-6-11(15)8-12(16)7-10)21(19,20)14-5-3-2-4-13(14)17/h2-8H,9H2,1H3. The summed E-state index contributed by atoms with van der Waals surface area (Å²) in [7, 11) is -2.55. The summed E-state index contributed by atoms with van der Waals surface area (Å²) in [5.74, 6) is -0.784. The summed E-state index contributed by atoms with van der Waals surface area (Å²) in [5.41, 5.74) is 0.620. The van der Waals surface area contributed by atoms with Gasteiger partial charge in [0.1, 0.15) is 10.7 Å². The molecule has 0 N–H and O–H groups in total. The molecule has 3 nitrogen and oxygen atoms in total. The average Bonchev–Trinajstić information content (AvgIpc) is 2.37. The van der Waals surface area contributed by atoms with Gasteiger partial charge in [-0.25, -0.2) is 12.8 Å². The highest BCUT2D eigenvalue weighted by Gasteiger charge is 2.24. The average molecular weight is 348 g/mol. The third-order valence-electron chi connectivity index (χ3n) is 2.85. The Balaban J connectivity index is 2.31. The van der Waals surface area contributed by atoms with Crippen molar-refractivity contribution < 1.29 is 12.8 Å². The Kier molecular flexibility index (Phi) is 4.88. The molecule has 0 aliphatic rings. The van der Waals surface area contributed by atoms with Crippen molar-refractivity contribution in [3.63, 3.8) is 0 Å². The molecule has 0 aliphatic heterocycles. The van der Waals surface area contributed by atoms with Crippen LogP contribution in [0, 0.1) is 5.82 Å². The van der Waals surface area contributed by atoms with E-state index in [-0.39, 0.29) is 11.4 Å². The highest BCUT2D eigenvalue weighted by atomic mass is 35.5. The first kappa shape index (κ1) is 16.2.